The summed E-state index contributed by atoms with van der Waals surface area (Å²) in [4.78, 5) is 12.4. The average molecular weight is 550 g/mol. The molecule has 0 unspecified atom stereocenters. The van der Waals surface area contributed by atoms with E-state index in [0.717, 1.165) is 24.0 Å². The summed E-state index contributed by atoms with van der Waals surface area (Å²) in [5, 5.41) is 3.83. The second-order valence-electron chi connectivity index (χ2n) is 8.02. The van der Waals surface area contributed by atoms with Gasteiger partial charge >= 0.3 is 6.18 Å². The van der Waals surface area contributed by atoms with Crippen molar-refractivity contribution in [2.24, 2.45) is 5.10 Å². The van der Waals surface area contributed by atoms with Crippen molar-refractivity contribution < 1.29 is 35.9 Å². The summed E-state index contributed by atoms with van der Waals surface area (Å²) in [5.74, 6) is 0.130. The maximum atomic E-state index is 13.1. The summed E-state index contributed by atoms with van der Waals surface area (Å²) in [6.07, 6.45) is -2.56. The van der Waals surface area contributed by atoms with E-state index in [1.807, 2.05) is 37.3 Å². The predicted molar refractivity (Wildman–Crippen MR) is 138 cm³/mol. The maximum Gasteiger partial charge on any atom is 0.416 e. The first-order chi connectivity index (χ1) is 18.0. The van der Waals surface area contributed by atoms with Crippen LogP contribution in [-0.2, 0) is 27.6 Å². The Hall–Kier alpha value is -4.06. The summed E-state index contributed by atoms with van der Waals surface area (Å²) in [5.41, 5.74) is 2.39. The monoisotopic (exact) mass is 549 g/mol. The number of halogens is 3. The second kappa shape index (κ2) is 12.5. The van der Waals surface area contributed by atoms with Crippen molar-refractivity contribution in [1.82, 2.24) is 5.43 Å². The number of ether oxygens (including phenoxy) is 2. The topological polar surface area (TPSA) is 97.3 Å². The number of carbonyl (C=O) groups is 1. The highest BCUT2D eigenvalue weighted by atomic mass is 32.2. The van der Waals surface area contributed by atoms with Gasteiger partial charge in [-0.15, -0.1) is 0 Å². The van der Waals surface area contributed by atoms with E-state index >= 15 is 0 Å². The van der Waals surface area contributed by atoms with Crippen LogP contribution in [0.2, 0.25) is 0 Å². The molecule has 3 aromatic rings. The van der Waals surface area contributed by atoms with E-state index in [1.165, 1.54) is 12.3 Å². The first-order valence-electron chi connectivity index (χ1n) is 11.4. The zero-order valence-electron chi connectivity index (χ0n) is 20.6. The SMILES string of the molecule is CCOc1cc(/C=N\NC(=O)CN(c2cccc(C(F)(F)F)c2)S(C)(=O)=O)ccc1OCc1ccccc1. The minimum absolute atomic E-state index is 0.297. The number of sulfonamides is 1. The van der Waals surface area contributed by atoms with Crippen molar-refractivity contribution in [3.05, 3.63) is 89.5 Å². The lowest BCUT2D eigenvalue weighted by Gasteiger charge is -2.22. The molecule has 0 saturated carbocycles. The molecule has 0 aliphatic heterocycles. The Morgan fingerprint density at radius 2 is 1.74 bits per heavy atom. The minimum atomic E-state index is -4.67. The molecule has 0 fully saturated rings. The van der Waals surface area contributed by atoms with Crippen LogP contribution in [0.15, 0.2) is 77.9 Å². The van der Waals surface area contributed by atoms with Crippen LogP contribution in [0.4, 0.5) is 18.9 Å². The van der Waals surface area contributed by atoms with Gasteiger partial charge in [0.05, 0.1) is 30.3 Å². The van der Waals surface area contributed by atoms with Gasteiger partial charge in [-0.25, -0.2) is 13.8 Å². The van der Waals surface area contributed by atoms with E-state index in [9.17, 15) is 26.4 Å². The fourth-order valence-corrected chi connectivity index (χ4v) is 4.16. The summed E-state index contributed by atoms with van der Waals surface area (Å²) < 4.78 is 75.6. The van der Waals surface area contributed by atoms with Gasteiger partial charge in [0.2, 0.25) is 10.0 Å². The van der Waals surface area contributed by atoms with Crippen LogP contribution in [0.5, 0.6) is 11.5 Å². The number of nitrogens with one attached hydrogen (secondary N) is 1. The van der Waals surface area contributed by atoms with Gasteiger partial charge in [-0.2, -0.15) is 18.3 Å². The van der Waals surface area contributed by atoms with Gasteiger partial charge in [0.15, 0.2) is 11.5 Å². The molecular formula is C26H26F3N3O5S. The van der Waals surface area contributed by atoms with E-state index in [4.69, 9.17) is 9.47 Å². The Bertz CT molecular complexity index is 1380. The van der Waals surface area contributed by atoms with Crippen molar-refractivity contribution in [3.63, 3.8) is 0 Å². The third kappa shape index (κ3) is 8.23. The molecule has 3 aromatic carbocycles. The number of carbonyl (C=O) groups excluding carboxylic acids is 1. The molecule has 0 bridgehead atoms. The standard InChI is InChI=1S/C26H26F3N3O5S/c1-3-36-24-14-20(12-13-23(24)37-18-19-8-5-4-6-9-19)16-30-31-25(33)17-32(38(2,34)35)22-11-7-10-21(15-22)26(27,28)29/h4-16H,3,17-18H2,1-2H3,(H,31,33)/b30-16-. The Kier molecular flexibility index (Phi) is 9.35. The van der Waals surface area contributed by atoms with Crippen LogP contribution in [-0.4, -0.2) is 39.9 Å². The average Bonchev–Trinajstić information content (AvgIpc) is 2.86. The molecule has 12 heteroatoms. The molecule has 0 aromatic heterocycles. The molecule has 0 radical (unpaired) electrons. The first-order valence-corrected chi connectivity index (χ1v) is 13.2. The van der Waals surface area contributed by atoms with E-state index in [2.05, 4.69) is 10.5 Å². The molecule has 202 valence electrons. The molecule has 1 amide bonds. The highest BCUT2D eigenvalue weighted by molar-refractivity contribution is 7.92. The summed E-state index contributed by atoms with van der Waals surface area (Å²) in [6, 6.07) is 18.3. The number of nitrogens with zero attached hydrogens (tertiary/aromatic N) is 2. The number of hydrazone groups is 1. The molecule has 0 spiro atoms. The van der Waals surface area contributed by atoms with Crippen LogP contribution in [0.25, 0.3) is 0 Å². The van der Waals surface area contributed by atoms with Gasteiger partial charge in [-0.3, -0.25) is 9.10 Å². The second-order valence-corrected chi connectivity index (χ2v) is 9.93. The Balaban J connectivity index is 1.68. The van der Waals surface area contributed by atoms with Crippen LogP contribution in [0, 0.1) is 0 Å². The zero-order valence-corrected chi connectivity index (χ0v) is 21.4. The van der Waals surface area contributed by atoms with Crippen molar-refractivity contribution in [2.75, 3.05) is 23.7 Å². The number of anilines is 1. The number of amides is 1. The Morgan fingerprint density at radius 3 is 2.39 bits per heavy atom. The third-order valence-electron chi connectivity index (χ3n) is 5.06. The van der Waals surface area contributed by atoms with Gasteiger partial charge in [0.25, 0.3) is 5.91 Å². The van der Waals surface area contributed by atoms with Crippen LogP contribution >= 0.6 is 0 Å². The molecule has 1 N–H and O–H groups in total. The fourth-order valence-electron chi connectivity index (χ4n) is 3.31. The van der Waals surface area contributed by atoms with Crippen molar-refractivity contribution in [2.45, 2.75) is 19.7 Å². The lowest BCUT2D eigenvalue weighted by atomic mass is 10.2. The summed E-state index contributed by atoms with van der Waals surface area (Å²) in [7, 11) is -4.07. The van der Waals surface area contributed by atoms with E-state index in [1.54, 1.807) is 18.2 Å². The van der Waals surface area contributed by atoms with E-state index in [0.29, 0.717) is 40.6 Å². The smallest absolute Gasteiger partial charge is 0.416 e. The summed E-state index contributed by atoms with van der Waals surface area (Å²) in [6.45, 7) is 1.77. The molecule has 38 heavy (non-hydrogen) atoms. The molecule has 8 nitrogen and oxygen atoms in total. The van der Waals surface area contributed by atoms with Gasteiger partial charge in [-0.05, 0) is 54.4 Å². The van der Waals surface area contributed by atoms with Gasteiger partial charge in [-0.1, -0.05) is 36.4 Å². The van der Waals surface area contributed by atoms with Crippen LogP contribution in [0.1, 0.15) is 23.6 Å². The predicted octanol–water partition coefficient (Wildman–Crippen LogP) is 4.60. The van der Waals surface area contributed by atoms with Gasteiger partial charge < -0.3 is 9.47 Å². The van der Waals surface area contributed by atoms with E-state index in [-0.39, 0.29) is 5.69 Å². The number of rotatable bonds is 11. The quantitative estimate of drug-likeness (QED) is 0.279. The first kappa shape index (κ1) is 28.5. The number of benzene rings is 3. The number of alkyl halides is 3. The molecule has 0 aliphatic carbocycles. The Morgan fingerprint density at radius 1 is 1.00 bits per heavy atom. The Labute approximate surface area is 218 Å². The normalized spacial score (nSPS) is 11.8. The highest BCUT2D eigenvalue weighted by Crippen LogP contribution is 2.32. The third-order valence-corrected chi connectivity index (χ3v) is 6.20. The van der Waals surface area contributed by atoms with E-state index < -0.39 is 34.2 Å². The number of hydrogen-bond donors (Lipinski definition) is 1. The lowest BCUT2D eigenvalue weighted by Crippen LogP contribution is -2.39. The molecule has 0 aliphatic rings. The van der Waals surface area contributed by atoms with Crippen molar-refractivity contribution in [3.8, 4) is 11.5 Å². The molecule has 0 heterocycles. The van der Waals surface area contributed by atoms with Crippen molar-refractivity contribution in [1.29, 1.82) is 0 Å². The summed E-state index contributed by atoms with van der Waals surface area (Å²) >= 11 is 0. The van der Waals surface area contributed by atoms with Crippen molar-refractivity contribution >= 4 is 27.8 Å². The largest absolute Gasteiger partial charge is 0.490 e. The highest BCUT2D eigenvalue weighted by Gasteiger charge is 2.32. The molecule has 0 atom stereocenters. The zero-order chi connectivity index (χ0) is 27.8. The van der Waals surface area contributed by atoms with Crippen LogP contribution in [0.3, 0.4) is 0 Å². The maximum absolute atomic E-state index is 13.1. The molecule has 0 saturated heterocycles. The van der Waals surface area contributed by atoms with Gasteiger partial charge in [0, 0.05) is 0 Å². The fraction of sp³-hybridized carbons (Fsp3) is 0.231. The van der Waals surface area contributed by atoms with Gasteiger partial charge in [0.1, 0.15) is 13.2 Å². The molecular weight excluding hydrogens is 523 g/mol. The lowest BCUT2D eigenvalue weighted by molar-refractivity contribution is -0.137. The number of hydrogen-bond acceptors (Lipinski definition) is 6. The molecule has 3 rings (SSSR count). The minimum Gasteiger partial charge on any atom is -0.490 e. The van der Waals surface area contributed by atoms with Crippen LogP contribution < -0.4 is 19.2 Å².